The largest absolute Gasteiger partial charge is 0.382 e. The second-order valence-electron chi connectivity index (χ2n) is 8.21. The topological polar surface area (TPSA) is 12.0 Å². The van der Waals surface area contributed by atoms with E-state index >= 15 is 0 Å². The average molecular weight is 285 g/mol. The van der Waals surface area contributed by atoms with Crippen molar-refractivity contribution >= 4 is 5.69 Å². The zero-order valence-corrected chi connectivity index (χ0v) is 14.0. The van der Waals surface area contributed by atoms with E-state index in [9.17, 15) is 0 Å². The van der Waals surface area contributed by atoms with E-state index in [0.29, 0.717) is 11.5 Å². The quantitative estimate of drug-likeness (QED) is 0.747. The SMILES string of the molecule is CC(C)(C)C1CCC(Nc2cccc3c2CCCC3)CC1. The van der Waals surface area contributed by atoms with Gasteiger partial charge in [0, 0.05) is 11.7 Å². The maximum absolute atomic E-state index is 3.88. The lowest BCUT2D eigenvalue weighted by Gasteiger charge is -2.37. The van der Waals surface area contributed by atoms with Crippen LogP contribution in [0.3, 0.4) is 0 Å². The maximum Gasteiger partial charge on any atom is 0.0377 e. The van der Waals surface area contributed by atoms with E-state index < -0.39 is 0 Å². The molecule has 116 valence electrons. The molecule has 2 aliphatic carbocycles. The maximum atomic E-state index is 3.88. The number of nitrogens with one attached hydrogen (secondary N) is 1. The van der Waals surface area contributed by atoms with Gasteiger partial charge in [0.1, 0.15) is 0 Å². The summed E-state index contributed by atoms with van der Waals surface area (Å²) >= 11 is 0. The predicted molar refractivity (Wildman–Crippen MR) is 91.9 cm³/mol. The summed E-state index contributed by atoms with van der Waals surface area (Å²) < 4.78 is 0. The molecule has 1 saturated carbocycles. The summed E-state index contributed by atoms with van der Waals surface area (Å²) in [4.78, 5) is 0. The highest BCUT2D eigenvalue weighted by Crippen LogP contribution is 2.39. The molecular formula is C20H31N. The van der Waals surface area contributed by atoms with Crippen molar-refractivity contribution in [3.8, 4) is 0 Å². The minimum atomic E-state index is 0.483. The molecule has 0 saturated heterocycles. The standard InChI is InChI=1S/C20H31N/c1-20(2,3)16-11-13-17(14-12-16)21-19-10-6-8-15-7-4-5-9-18(15)19/h6,8,10,16-17,21H,4-5,7,9,11-14H2,1-3H3. The molecule has 0 atom stereocenters. The molecule has 1 N–H and O–H groups in total. The Hall–Kier alpha value is -0.980. The molecule has 1 fully saturated rings. The van der Waals surface area contributed by atoms with Gasteiger partial charge in [-0.25, -0.2) is 0 Å². The molecule has 0 unspecified atom stereocenters. The van der Waals surface area contributed by atoms with Gasteiger partial charge in [-0.1, -0.05) is 32.9 Å². The molecule has 0 heterocycles. The van der Waals surface area contributed by atoms with Crippen LogP contribution in [0.2, 0.25) is 0 Å². The molecular weight excluding hydrogens is 254 g/mol. The van der Waals surface area contributed by atoms with Crippen LogP contribution in [0, 0.1) is 11.3 Å². The fourth-order valence-electron chi connectivity index (χ4n) is 4.24. The van der Waals surface area contributed by atoms with E-state index in [0.717, 1.165) is 5.92 Å². The fourth-order valence-corrected chi connectivity index (χ4v) is 4.24. The van der Waals surface area contributed by atoms with E-state index in [1.165, 1.54) is 57.1 Å². The van der Waals surface area contributed by atoms with E-state index in [1.54, 1.807) is 11.1 Å². The molecule has 0 radical (unpaired) electrons. The van der Waals surface area contributed by atoms with Crippen LogP contribution in [-0.4, -0.2) is 6.04 Å². The van der Waals surface area contributed by atoms with Crippen LogP contribution in [-0.2, 0) is 12.8 Å². The summed E-state index contributed by atoms with van der Waals surface area (Å²) in [6, 6.07) is 7.57. The third-order valence-corrected chi connectivity index (χ3v) is 5.71. The van der Waals surface area contributed by atoms with Gasteiger partial charge >= 0.3 is 0 Å². The monoisotopic (exact) mass is 285 g/mol. The van der Waals surface area contributed by atoms with Crippen LogP contribution in [0.1, 0.15) is 70.4 Å². The van der Waals surface area contributed by atoms with Gasteiger partial charge in [-0.2, -0.15) is 0 Å². The summed E-state index contributed by atoms with van der Waals surface area (Å²) in [6.07, 6.45) is 10.7. The van der Waals surface area contributed by atoms with Crippen molar-refractivity contribution < 1.29 is 0 Å². The first kappa shape index (κ1) is 14.9. The number of benzene rings is 1. The smallest absolute Gasteiger partial charge is 0.0377 e. The Kier molecular flexibility index (Phi) is 4.28. The summed E-state index contributed by atoms with van der Waals surface area (Å²) in [5.41, 5.74) is 5.12. The van der Waals surface area contributed by atoms with Crippen LogP contribution >= 0.6 is 0 Å². The van der Waals surface area contributed by atoms with E-state index in [4.69, 9.17) is 0 Å². The Morgan fingerprint density at radius 1 is 0.952 bits per heavy atom. The Bertz CT molecular complexity index is 475. The van der Waals surface area contributed by atoms with Crippen LogP contribution in [0.25, 0.3) is 0 Å². The highest BCUT2D eigenvalue weighted by atomic mass is 14.9. The molecule has 2 aliphatic rings. The number of rotatable bonds is 2. The fraction of sp³-hybridized carbons (Fsp3) is 0.700. The summed E-state index contributed by atoms with van der Waals surface area (Å²) in [7, 11) is 0. The average Bonchev–Trinajstić information content (AvgIpc) is 2.47. The van der Waals surface area contributed by atoms with E-state index in [-0.39, 0.29) is 0 Å². The second kappa shape index (κ2) is 6.02. The third-order valence-electron chi connectivity index (χ3n) is 5.71. The highest BCUT2D eigenvalue weighted by Gasteiger charge is 2.29. The Labute approximate surface area is 130 Å². The predicted octanol–water partition coefficient (Wildman–Crippen LogP) is 5.58. The number of hydrogen-bond donors (Lipinski definition) is 1. The first-order chi connectivity index (χ1) is 10.0. The van der Waals surface area contributed by atoms with Gasteiger partial charge in [0.15, 0.2) is 0 Å². The van der Waals surface area contributed by atoms with Gasteiger partial charge in [0.2, 0.25) is 0 Å². The van der Waals surface area contributed by atoms with Crippen molar-refractivity contribution in [2.75, 3.05) is 5.32 Å². The van der Waals surface area contributed by atoms with Crippen LogP contribution < -0.4 is 5.32 Å². The molecule has 0 aliphatic heterocycles. The summed E-state index contributed by atoms with van der Waals surface area (Å²) in [6.45, 7) is 7.21. The van der Waals surface area contributed by atoms with Gasteiger partial charge in [0.05, 0.1) is 0 Å². The summed E-state index contributed by atoms with van der Waals surface area (Å²) in [5, 5.41) is 3.88. The van der Waals surface area contributed by atoms with E-state index in [2.05, 4.69) is 44.3 Å². The van der Waals surface area contributed by atoms with Crippen LogP contribution in [0.5, 0.6) is 0 Å². The molecule has 3 rings (SSSR count). The lowest BCUT2D eigenvalue weighted by atomic mass is 9.71. The minimum absolute atomic E-state index is 0.483. The molecule has 21 heavy (non-hydrogen) atoms. The number of anilines is 1. The molecule has 0 amide bonds. The molecule has 1 heteroatoms. The molecule has 1 aromatic rings. The Morgan fingerprint density at radius 3 is 2.38 bits per heavy atom. The second-order valence-corrected chi connectivity index (χ2v) is 8.21. The van der Waals surface area contributed by atoms with Crippen molar-refractivity contribution in [2.45, 2.75) is 78.2 Å². The Morgan fingerprint density at radius 2 is 1.67 bits per heavy atom. The van der Waals surface area contributed by atoms with Crippen molar-refractivity contribution in [1.29, 1.82) is 0 Å². The van der Waals surface area contributed by atoms with Gasteiger partial charge in [-0.05, 0) is 79.9 Å². The zero-order valence-electron chi connectivity index (χ0n) is 14.0. The van der Waals surface area contributed by atoms with Gasteiger partial charge in [0.25, 0.3) is 0 Å². The highest BCUT2D eigenvalue weighted by molar-refractivity contribution is 5.56. The minimum Gasteiger partial charge on any atom is -0.382 e. The number of hydrogen-bond acceptors (Lipinski definition) is 1. The lowest BCUT2D eigenvalue weighted by Crippen LogP contribution is -2.32. The molecule has 1 aromatic carbocycles. The summed E-state index contributed by atoms with van der Waals surface area (Å²) in [5.74, 6) is 0.903. The Balaban J connectivity index is 1.64. The zero-order chi connectivity index (χ0) is 14.9. The van der Waals surface area contributed by atoms with Crippen molar-refractivity contribution in [1.82, 2.24) is 0 Å². The number of fused-ring (bicyclic) bond motifs is 1. The van der Waals surface area contributed by atoms with Crippen molar-refractivity contribution in [3.05, 3.63) is 29.3 Å². The molecule has 1 nitrogen and oxygen atoms in total. The van der Waals surface area contributed by atoms with Gasteiger partial charge in [-0.15, -0.1) is 0 Å². The van der Waals surface area contributed by atoms with Crippen molar-refractivity contribution in [3.63, 3.8) is 0 Å². The van der Waals surface area contributed by atoms with Crippen molar-refractivity contribution in [2.24, 2.45) is 11.3 Å². The molecule has 0 bridgehead atoms. The molecule has 0 spiro atoms. The van der Waals surface area contributed by atoms with Gasteiger partial charge in [-0.3, -0.25) is 0 Å². The number of aryl methyl sites for hydroxylation is 1. The van der Waals surface area contributed by atoms with Crippen LogP contribution in [0.4, 0.5) is 5.69 Å². The first-order valence-electron chi connectivity index (χ1n) is 8.91. The third kappa shape index (κ3) is 3.44. The van der Waals surface area contributed by atoms with E-state index in [1.807, 2.05) is 0 Å². The van der Waals surface area contributed by atoms with Gasteiger partial charge < -0.3 is 5.32 Å². The first-order valence-corrected chi connectivity index (χ1v) is 8.91. The molecule has 0 aromatic heterocycles. The normalized spacial score (nSPS) is 26.2. The lowest BCUT2D eigenvalue weighted by molar-refractivity contribution is 0.173. The van der Waals surface area contributed by atoms with Crippen LogP contribution in [0.15, 0.2) is 18.2 Å².